The van der Waals surface area contributed by atoms with E-state index < -0.39 is 12.1 Å². The summed E-state index contributed by atoms with van der Waals surface area (Å²) >= 11 is 0. The fraction of sp³-hybridized carbons (Fsp3) is 0.938. The molecule has 0 aromatic rings. The van der Waals surface area contributed by atoms with Crippen molar-refractivity contribution in [3.05, 3.63) is 12.2 Å². The standard InChI is InChI=1S/C65H127NO5/c1-3-5-7-9-11-13-15-17-19-20-23-27-31-35-39-43-47-51-55-59-65(70)71-60-56-52-48-44-40-36-32-28-25-22-21-24-26-30-34-38-42-46-50-54-58-64(69)66-62(61-67)63(68)57-53-49-45-41-37-33-29-18-16-14-12-10-8-6-4-2/h17,19,62-63,67-68H,3-16,18,20-61H2,1-2H3,(H,66,69)/b19-17-. The first-order valence-electron chi connectivity index (χ1n) is 32.4. The second kappa shape index (κ2) is 61.1. The monoisotopic (exact) mass is 1000 g/mol. The zero-order valence-electron chi connectivity index (χ0n) is 48.2. The number of hydrogen-bond acceptors (Lipinski definition) is 5. The Morgan fingerprint density at radius 2 is 0.662 bits per heavy atom. The van der Waals surface area contributed by atoms with Crippen molar-refractivity contribution in [2.75, 3.05) is 13.2 Å². The van der Waals surface area contributed by atoms with Gasteiger partial charge in [-0.25, -0.2) is 0 Å². The zero-order chi connectivity index (χ0) is 51.4. The molecule has 0 aliphatic carbocycles. The Kier molecular flexibility index (Phi) is 59.9. The molecule has 0 aliphatic heterocycles. The van der Waals surface area contributed by atoms with E-state index in [9.17, 15) is 19.8 Å². The molecule has 71 heavy (non-hydrogen) atoms. The Balaban J connectivity index is 3.36. The zero-order valence-corrected chi connectivity index (χ0v) is 48.2. The molecule has 6 nitrogen and oxygen atoms in total. The molecule has 0 aromatic carbocycles. The summed E-state index contributed by atoms with van der Waals surface area (Å²) in [6.07, 6.45) is 73.7. The summed E-state index contributed by atoms with van der Waals surface area (Å²) in [5.74, 6) is -0.0229. The number of nitrogens with one attached hydrogen (secondary N) is 1. The third-order valence-corrected chi connectivity index (χ3v) is 15.3. The van der Waals surface area contributed by atoms with Gasteiger partial charge in [-0.1, -0.05) is 315 Å². The first-order valence-corrected chi connectivity index (χ1v) is 32.4. The molecule has 3 N–H and O–H groups in total. The number of esters is 1. The van der Waals surface area contributed by atoms with Gasteiger partial charge in [-0.05, 0) is 51.4 Å². The Bertz CT molecular complexity index is 1060. The van der Waals surface area contributed by atoms with Crippen LogP contribution in [0.15, 0.2) is 12.2 Å². The van der Waals surface area contributed by atoms with Crippen LogP contribution in [-0.4, -0.2) is 47.4 Å². The predicted octanol–water partition coefficient (Wildman–Crippen LogP) is 20.4. The number of ether oxygens (including phenoxy) is 1. The highest BCUT2D eigenvalue weighted by molar-refractivity contribution is 5.76. The first kappa shape index (κ1) is 69.6. The smallest absolute Gasteiger partial charge is 0.305 e. The maximum atomic E-state index is 12.5. The van der Waals surface area contributed by atoms with Crippen molar-refractivity contribution in [3.63, 3.8) is 0 Å². The van der Waals surface area contributed by atoms with E-state index in [4.69, 9.17) is 4.74 Å². The van der Waals surface area contributed by atoms with Crippen molar-refractivity contribution < 1.29 is 24.5 Å². The van der Waals surface area contributed by atoms with E-state index in [0.29, 0.717) is 25.9 Å². The number of aliphatic hydroxyl groups is 2. The molecule has 6 heteroatoms. The summed E-state index contributed by atoms with van der Waals surface area (Å²) in [5, 5.41) is 23.3. The molecule has 422 valence electrons. The maximum absolute atomic E-state index is 12.5. The Hall–Kier alpha value is -1.40. The summed E-state index contributed by atoms with van der Waals surface area (Å²) in [7, 11) is 0. The van der Waals surface area contributed by atoms with Crippen molar-refractivity contribution in [2.45, 2.75) is 379 Å². The second-order valence-corrected chi connectivity index (χ2v) is 22.5. The van der Waals surface area contributed by atoms with Crippen LogP contribution in [0.1, 0.15) is 367 Å². The predicted molar refractivity (Wildman–Crippen MR) is 310 cm³/mol. The minimum absolute atomic E-state index is 0.0112. The van der Waals surface area contributed by atoms with Crippen LogP contribution >= 0.6 is 0 Å². The third-order valence-electron chi connectivity index (χ3n) is 15.3. The molecule has 0 aromatic heterocycles. The van der Waals surface area contributed by atoms with Gasteiger partial charge in [0.25, 0.3) is 0 Å². The molecule has 0 bridgehead atoms. The molecule has 1 amide bonds. The summed E-state index contributed by atoms with van der Waals surface area (Å²) in [5.41, 5.74) is 0. The van der Waals surface area contributed by atoms with Crippen LogP contribution in [0.2, 0.25) is 0 Å². The lowest BCUT2D eigenvalue weighted by Gasteiger charge is -2.22. The lowest BCUT2D eigenvalue weighted by molar-refractivity contribution is -0.143. The maximum Gasteiger partial charge on any atom is 0.305 e. The van der Waals surface area contributed by atoms with Gasteiger partial charge in [0.15, 0.2) is 0 Å². The van der Waals surface area contributed by atoms with Crippen molar-refractivity contribution in [2.24, 2.45) is 0 Å². The van der Waals surface area contributed by atoms with E-state index in [2.05, 4.69) is 31.3 Å². The number of amides is 1. The van der Waals surface area contributed by atoms with Crippen LogP contribution in [0.25, 0.3) is 0 Å². The van der Waals surface area contributed by atoms with Crippen molar-refractivity contribution in [1.82, 2.24) is 5.32 Å². The van der Waals surface area contributed by atoms with Gasteiger partial charge in [0, 0.05) is 12.8 Å². The van der Waals surface area contributed by atoms with Crippen LogP contribution in [0, 0.1) is 0 Å². The molecule has 0 rings (SSSR count). The van der Waals surface area contributed by atoms with E-state index in [1.165, 1.54) is 289 Å². The van der Waals surface area contributed by atoms with E-state index in [-0.39, 0.29) is 18.5 Å². The van der Waals surface area contributed by atoms with Gasteiger partial charge in [0.05, 0.1) is 25.4 Å². The number of allylic oxidation sites excluding steroid dienone is 2. The topological polar surface area (TPSA) is 95.9 Å². The van der Waals surface area contributed by atoms with Crippen LogP contribution in [-0.2, 0) is 14.3 Å². The summed E-state index contributed by atoms with van der Waals surface area (Å²) in [4.78, 5) is 24.6. The normalized spacial score (nSPS) is 12.6. The van der Waals surface area contributed by atoms with Crippen LogP contribution < -0.4 is 5.32 Å². The van der Waals surface area contributed by atoms with Gasteiger partial charge < -0.3 is 20.3 Å². The molecule has 2 atom stereocenters. The number of carbonyl (C=O) groups excluding carboxylic acids is 2. The third kappa shape index (κ3) is 57.7. The molecule has 0 aliphatic rings. The Morgan fingerprint density at radius 3 is 1.00 bits per heavy atom. The minimum atomic E-state index is -0.665. The summed E-state index contributed by atoms with van der Waals surface area (Å²) in [6, 6.07) is -0.542. The molecule has 0 radical (unpaired) electrons. The van der Waals surface area contributed by atoms with Crippen LogP contribution in [0.3, 0.4) is 0 Å². The number of hydrogen-bond donors (Lipinski definition) is 3. The second-order valence-electron chi connectivity index (χ2n) is 22.5. The fourth-order valence-electron chi connectivity index (χ4n) is 10.3. The summed E-state index contributed by atoms with van der Waals surface area (Å²) < 4.78 is 5.50. The first-order chi connectivity index (χ1) is 35.0. The highest BCUT2D eigenvalue weighted by Crippen LogP contribution is 2.18. The van der Waals surface area contributed by atoms with E-state index in [1.54, 1.807) is 0 Å². The fourth-order valence-corrected chi connectivity index (χ4v) is 10.3. The largest absolute Gasteiger partial charge is 0.466 e. The number of carbonyl (C=O) groups is 2. The van der Waals surface area contributed by atoms with Gasteiger partial charge in [-0.2, -0.15) is 0 Å². The number of aliphatic hydroxyl groups excluding tert-OH is 2. The van der Waals surface area contributed by atoms with Crippen LogP contribution in [0.4, 0.5) is 0 Å². The Morgan fingerprint density at radius 1 is 0.380 bits per heavy atom. The Labute approximate surface area is 444 Å². The summed E-state index contributed by atoms with van der Waals surface area (Å²) in [6.45, 7) is 4.97. The average molecular weight is 1000 g/mol. The van der Waals surface area contributed by atoms with E-state index in [1.807, 2.05) is 0 Å². The van der Waals surface area contributed by atoms with Gasteiger partial charge in [0.1, 0.15) is 0 Å². The van der Waals surface area contributed by atoms with Gasteiger partial charge in [-0.3, -0.25) is 9.59 Å². The SMILES string of the molecule is CCCCCCCC/C=C\CCCCCCCCCCCC(=O)OCCCCCCCCCCCCCCCCCCCCCCC(=O)NC(CO)C(O)CCCCCCCCCCCCCCCCC. The molecule has 0 spiro atoms. The van der Waals surface area contributed by atoms with Gasteiger partial charge >= 0.3 is 5.97 Å². The van der Waals surface area contributed by atoms with Crippen molar-refractivity contribution in [3.8, 4) is 0 Å². The van der Waals surface area contributed by atoms with E-state index >= 15 is 0 Å². The number of unbranched alkanes of at least 4 members (excludes halogenated alkanes) is 48. The minimum Gasteiger partial charge on any atom is -0.466 e. The lowest BCUT2D eigenvalue weighted by Crippen LogP contribution is -2.45. The highest BCUT2D eigenvalue weighted by atomic mass is 16.5. The van der Waals surface area contributed by atoms with Crippen LogP contribution in [0.5, 0.6) is 0 Å². The highest BCUT2D eigenvalue weighted by Gasteiger charge is 2.20. The van der Waals surface area contributed by atoms with E-state index in [0.717, 1.165) is 44.9 Å². The van der Waals surface area contributed by atoms with Gasteiger partial charge in [-0.15, -0.1) is 0 Å². The average Bonchev–Trinajstić information content (AvgIpc) is 3.37. The van der Waals surface area contributed by atoms with Crippen molar-refractivity contribution >= 4 is 11.9 Å². The molecule has 0 saturated heterocycles. The molecular weight excluding hydrogens is 875 g/mol. The molecule has 0 heterocycles. The van der Waals surface area contributed by atoms with Crippen molar-refractivity contribution in [1.29, 1.82) is 0 Å². The molecule has 0 fully saturated rings. The lowest BCUT2D eigenvalue weighted by atomic mass is 10.0. The number of rotatable bonds is 61. The molecule has 0 saturated carbocycles. The molecular formula is C65H127NO5. The van der Waals surface area contributed by atoms with Gasteiger partial charge in [0.2, 0.25) is 5.91 Å². The molecule has 2 unspecified atom stereocenters. The quantitative estimate of drug-likeness (QED) is 0.0320.